The van der Waals surface area contributed by atoms with Crippen molar-refractivity contribution in [1.82, 2.24) is 84.6 Å². The van der Waals surface area contributed by atoms with E-state index in [2.05, 4.69) is 87.5 Å². The summed E-state index contributed by atoms with van der Waals surface area (Å²) in [7, 11) is 3.82. The first-order valence-electron chi connectivity index (χ1n) is 33.3. The van der Waals surface area contributed by atoms with E-state index >= 15 is 4.39 Å². The Morgan fingerprint density at radius 2 is 0.980 bits per heavy atom. The molecule has 102 heavy (non-hydrogen) atoms. The Kier molecular flexibility index (Phi) is 25.5. The molecule has 6 aromatic rings. The number of carbonyl (C=O) groups is 5. The summed E-state index contributed by atoms with van der Waals surface area (Å²) < 4.78 is 89.8. The van der Waals surface area contributed by atoms with Crippen LogP contribution in [0, 0.1) is 17.5 Å². The standard InChI is InChI=1S/C21H30FN7O4.C20H28F2N8O.C16H22FN7O2.C7H11ClFNO.CH4/c1-8-23-17-24-10-13(22)16(26-17)25-15-12-11-28(18(30)33-20(3,4)5)21(6,7)14(12)29(27-15)19(31)32-9-2;1-5-23-18-24-10-13(21)16(26-18)25-15-12-11-30(19(2,3)14(12)27-28-15)17(31)20(22)6-8-29(4)9-7-20;1-5-18-14-19-8-10(17)13(22-14)21-12-9-7-20-16(3,4)11(9)24(23-12)15(25)26-6-2;1-10-4-2-7(9,3-5-10)6(8)11;/h10H,8-9,11H2,1-7H3,(H2,23,24,25,26,27);10H,5-9,11H2,1-4H3,(H3,23,24,25,26,27,28);8,20H,5-7H2,1-4H3,(H2,18,19,21,22,23);2-5H2,1H3;1H4. The highest BCUT2D eigenvalue weighted by Gasteiger charge is 2.53. The van der Waals surface area contributed by atoms with Crippen LogP contribution in [0.1, 0.15) is 164 Å². The van der Waals surface area contributed by atoms with Gasteiger partial charge < -0.3 is 66.1 Å². The van der Waals surface area contributed by atoms with Crippen LogP contribution in [0.4, 0.5) is 89.1 Å². The molecule has 2 saturated heterocycles. The highest BCUT2D eigenvalue weighted by molar-refractivity contribution is 6.65. The summed E-state index contributed by atoms with van der Waals surface area (Å²) in [6.07, 6.45) is 2.15. The Bertz CT molecular complexity index is 3980. The molecule has 0 spiro atoms. The van der Waals surface area contributed by atoms with E-state index in [0.717, 1.165) is 28.8 Å². The zero-order chi connectivity index (χ0) is 74.3. The van der Waals surface area contributed by atoms with E-state index < -0.39 is 80.4 Å². The molecule has 5 aliphatic rings. The van der Waals surface area contributed by atoms with Gasteiger partial charge in [-0.1, -0.05) is 7.43 Å². The molecule has 0 aliphatic carbocycles. The Morgan fingerprint density at radius 3 is 1.40 bits per heavy atom. The van der Waals surface area contributed by atoms with Crippen LogP contribution in [0.15, 0.2) is 18.6 Å². The number of ether oxygens (including phenoxy) is 3. The van der Waals surface area contributed by atoms with Crippen LogP contribution >= 0.6 is 11.6 Å². The minimum Gasteiger partial charge on any atom is -0.448 e. The normalized spacial score (nSPS) is 17.2. The topological polar surface area (TPSA) is 352 Å². The second kappa shape index (κ2) is 32.4. The minimum absolute atomic E-state index is 0. The molecule has 0 bridgehead atoms. The third kappa shape index (κ3) is 17.8. The first-order valence-corrected chi connectivity index (χ1v) is 33.6. The van der Waals surface area contributed by atoms with Crippen molar-refractivity contribution >= 4 is 93.8 Å². The molecular formula is C65H95ClF5N23O8. The molecule has 0 atom stereocenters. The van der Waals surface area contributed by atoms with Crippen molar-refractivity contribution in [2.75, 3.05) is 105 Å². The predicted octanol–water partition coefficient (Wildman–Crippen LogP) is 10.7. The number of aromatic amines is 1. The number of H-pyrrole nitrogens is 1. The Balaban J connectivity index is 0.000000199. The number of rotatable bonds is 16. The summed E-state index contributed by atoms with van der Waals surface area (Å²) in [5.74, 6) is -0.900. The summed E-state index contributed by atoms with van der Waals surface area (Å²) in [4.78, 5) is 92.8. The zero-order valence-corrected chi connectivity index (χ0v) is 60.5. The zero-order valence-electron chi connectivity index (χ0n) is 59.8. The van der Waals surface area contributed by atoms with Gasteiger partial charge in [-0.05, 0) is 123 Å². The number of aromatic nitrogens is 12. The molecule has 0 radical (unpaired) electrons. The van der Waals surface area contributed by atoms with E-state index in [0.29, 0.717) is 98.2 Å². The molecule has 8 N–H and O–H groups in total. The van der Waals surface area contributed by atoms with Gasteiger partial charge >= 0.3 is 18.3 Å². The van der Waals surface area contributed by atoms with Gasteiger partial charge in [0.15, 0.2) is 63.7 Å². The molecule has 0 saturated carbocycles. The predicted molar refractivity (Wildman–Crippen MR) is 373 cm³/mol. The lowest BCUT2D eigenvalue weighted by Crippen LogP contribution is -2.54. The van der Waals surface area contributed by atoms with Gasteiger partial charge in [0.1, 0.15) is 5.60 Å². The lowest BCUT2D eigenvalue weighted by molar-refractivity contribution is -0.153. The van der Waals surface area contributed by atoms with E-state index in [1.807, 2.05) is 72.4 Å². The van der Waals surface area contributed by atoms with Crippen LogP contribution in [-0.4, -0.2) is 199 Å². The molecule has 560 valence electrons. The third-order valence-corrected chi connectivity index (χ3v) is 17.6. The molecular weight excluding hydrogens is 1360 g/mol. The highest BCUT2D eigenvalue weighted by Crippen LogP contribution is 2.46. The van der Waals surface area contributed by atoms with Crippen LogP contribution in [-0.2, 0) is 60.1 Å². The quantitative estimate of drug-likeness (QED) is 0.0253. The van der Waals surface area contributed by atoms with Crippen LogP contribution in [0.25, 0.3) is 0 Å². The number of hydrogen-bond donors (Lipinski definition) is 8. The van der Waals surface area contributed by atoms with E-state index in [-0.39, 0.29) is 94.6 Å². The van der Waals surface area contributed by atoms with Crippen LogP contribution in [0.2, 0.25) is 0 Å². The van der Waals surface area contributed by atoms with Gasteiger partial charge in [0.05, 0.1) is 78.6 Å². The van der Waals surface area contributed by atoms with Crippen molar-refractivity contribution in [3.05, 3.63) is 69.8 Å². The fourth-order valence-corrected chi connectivity index (χ4v) is 12.0. The van der Waals surface area contributed by atoms with Crippen LogP contribution in [0.5, 0.6) is 0 Å². The van der Waals surface area contributed by atoms with Crippen molar-refractivity contribution in [3.63, 3.8) is 0 Å². The number of nitrogens with zero attached hydrogens (tertiary/aromatic N) is 15. The molecule has 2 fully saturated rings. The molecule has 37 heteroatoms. The maximum Gasteiger partial charge on any atom is 0.435 e. The lowest BCUT2D eigenvalue weighted by atomic mass is 9.90. The van der Waals surface area contributed by atoms with Crippen molar-refractivity contribution in [2.45, 2.75) is 183 Å². The van der Waals surface area contributed by atoms with Gasteiger partial charge in [-0.3, -0.25) is 19.6 Å². The summed E-state index contributed by atoms with van der Waals surface area (Å²) in [5.41, 5.74) is -2.75. The summed E-state index contributed by atoms with van der Waals surface area (Å²) in [6, 6.07) is 0. The number of fused-ring (bicyclic) bond motifs is 3. The molecule has 0 unspecified atom stereocenters. The van der Waals surface area contributed by atoms with Crippen molar-refractivity contribution < 1.29 is 60.1 Å². The van der Waals surface area contributed by atoms with Crippen molar-refractivity contribution in [3.8, 4) is 0 Å². The second-order valence-electron chi connectivity index (χ2n) is 27.0. The Morgan fingerprint density at radius 1 is 0.569 bits per heavy atom. The molecule has 5 aliphatic heterocycles. The van der Waals surface area contributed by atoms with Gasteiger partial charge in [-0.15, -0.1) is 10.2 Å². The lowest BCUT2D eigenvalue weighted by Gasteiger charge is -2.40. The number of carbonyl (C=O) groups excluding carboxylic acids is 5. The van der Waals surface area contributed by atoms with E-state index in [9.17, 15) is 41.5 Å². The average Bonchev–Trinajstić information content (AvgIpc) is 1.59. The van der Waals surface area contributed by atoms with E-state index in [4.69, 9.17) is 25.8 Å². The largest absolute Gasteiger partial charge is 0.448 e. The average molecular weight is 1460 g/mol. The van der Waals surface area contributed by atoms with E-state index in [1.54, 1.807) is 53.4 Å². The SMILES string of the molecule is C.CCNc1ncc(F)c(Nc2n[nH]c3c2CN(C(=O)C2(F)CCN(C)CC2)C3(C)C)n1.CCNc1ncc(F)c(Nc2nn(C(=O)OCC)c3c2CN(C(=O)OC(C)(C)C)C3(C)C)n1.CCNc1ncc(F)c(Nc2nn(C(=O)OCC)c3c2CNC3(C)C)n1.CN1CCC(F)(C(=O)Cl)CC1. The number of halogens is 6. The number of hydrogen-bond acceptors (Lipinski definition) is 26. The van der Waals surface area contributed by atoms with Gasteiger partial charge in [0, 0.05) is 94.7 Å². The number of amides is 2. The third-order valence-electron chi connectivity index (χ3n) is 17.3. The summed E-state index contributed by atoms with van der Waals surface area (Å²) >= 11 is 5.11. The fourth-order valence-electron chi connectivity index (χ4n) is 11.8. The van der Waals surface area contributed by atoms with E-state index in [1.165, 1.54) is 9.58 Å². The summed E-state index contributed by atoms with van der Waals surface area (Å²) in [6.45, 7) is 30.7. The summed E-state index contributed by atoms with van der Waals surface area (Å²) in [5, 5.41) is 35.7. The van der Waals surface area contributed by atoms with Gasteiger partial charge in [-0.2, -0.15) is 29.4 Å². The fraction of sp³-hybridized carbons (Fsp3) is 0.600. The first kappa shape index (κ1) is 80.2. The number of piperidine rings is 2. The Hall–Kier alpha value is -9.16. The number of nitrogens with one attached hydrogen (secondary N) is 8. The number of likely N-dealkylation sites (tertiary alicyclic amines) is 2. The molecule has 0 aromatic carbocycles. The minimum atomic E-state index is -1.88. The van der Waals surface area contributed by atoms with Gasteiger partial charge in [0.2, 0.25) is 17.8 Å². The number of anilines is 9. The number of alkyl halides is 2. The van der Waals surface area contributed by atoms with Gasteiger partial charge in [-0.25, -0.2) is 51.3 Å². The smallest absolute Gasteiger partial charge is 0.435 e. The van der Waals surface area contributed by atoms with Crippen molar-refractivity contribution in [1.29, 1.82) is 0 Å². The van der Waals surface area contributed by atoms with Crippen molar-refractivity contribution in [2.24, 2.45) is 0 Å². The molecule has 11 rings (SSSR count). The van der Waals surface area contributed by atoms with Gasteiger partial charge in [0.25, 0.3) is 11.1 Å². The molecule has 6 aromatic heterocycles. The molecule has 11 heterocycles. The molecule has 2 amide bonds. The second-order valence-corrected chi connectivity index (χ2v) is 27.3. The first-order chi connectivity index (χ1) is 47.5. The highest BCUT2D eigenvalue weighted by atomic mass is 35.5. The van der Waals surface area contributed by atoms with Crippen LogP contribution < -0.4 is 37.2 Å². The maximum atomic E-state index is 15.5. The van der Waals surface area contributed by atoms with Crippen LogP contribution in [0.3, 0.4) is 0 Å². The monoisotopic (exact) mass is 1460 g/mol. The molecule has 31 nitrogen and oxygen atoms in total. The Labute approximate surface area is 594 Å². The maximum absolute atomic E-state index is 15.5.